The second-order valence-corrected chi connectivity index (χ2v) is 13.7. The zero-order valence-electron chi connectivity index (χ0n) is 17.6. The van der Waals surface area contributed by atoms with Crippen molar-refractivity contribution in [2.24, 2.45) is 0 Å². The number of benzene rings is 1. The quantitative estimate of drug-likeness (QED) is 0.521. The molecule has 2 nitrogen and oxygen atoms in total. The van der Waals surface area contributed by atoms with Gasteiger partial charge in [0, 0.05) is 16.5 Å². The minimum Gasteiger partial charge on any atom is -0.665 e. The predicted molar refractivity (Wildman–Crippen MR) is 118 cm³/mol. The molecule has 2 aromatic rings. The van der Waals surface area contributed by atoms with Crippen LogP contribution in [0.5, 0.6) is 0 Å². The number of allylic oxidation sites excluding steroid dienone is 4. The lowest BCUT2D eigenvalue weighted by molar-refractivity contribution is -0.509. The van der Waals surface area contributed by atoms with Gasteiger partial charge in [-0.1, -0.05) is 57.8 Å². The average molecular weight is 375 g/mol. The molecule has 1 aliphatic heterocycles. The summed E-state index contributed by atoms with van der Waals surface area (Å²) in [7, 11) is -1.38. The van der Waals surface area contributed by atoms with E-state index in [1.165, 1.54) is 37.7 Å². The van der Waals surface area contributed by atoms with Gasteiger partial charge in [-0.2, -0.15) is 15.6 Å². The van der Waals surface area contributed by atoms with Crippen molar-refractivity contribution in [1.29, 1.82) is 0 Å². The minimum absolute atomic E-state index is 1.06. The SMILES string of the molecule is C=[n+]1cc([Si](C)(C)C)c(C)cc1=c1ccc(=C2C=C(C)[N-]C(C)=C2)cc1C. The number of nitrogens with zero attached hydrogens (tertiary/aromatic N) is 2. The van der Waals surface area contributed by atoms with E-state index < -0.39 is 8.07 Å². The fourth-order valence-electron chi connectivity index (χ4n) is 3.84. The van der Waals surface area contributed by atoms with Crippen molar-refractivity contribution < 1.29 is 4.24 Å². The number of aromatic nitrogens is 1. The van der Waals surface area contributed by atoms with Crippen molar-refractivity contribution in [3.63, 3.8) is 0 Å². The van der Waals surface area contributed by atoms with Crippen LogP contribution in [0.4, 0.5) is 0 Å². The minimum atomic E-state index is -1.38. The highest BCUT2D eigenvalue weighted by Gasteiger charge is 2.21. The van der Waals surface area contributed by atoms with Crippen LogP contribution >= 0.6 is 0 Å². The Morgan fingerprint density at radius 1 is 0.889 bits per heavy atom. The third-order valence-corrected chi connectivity index (χ3v) is 7.24. The summed E-state index contributed by atoms with van der Waals surface area (Å²) in [6.07, 6.45) is 6.53. The van der Waals surface area contributed by atoms with Crippen LogP contribution < -0.4 is 14.6 Å². The van der Waals surface area contributed by atoms with Crippen LogP contribution in [0.2, 0.25) is 19.6 Å². The highest BCUT2D eigenvalue weighted by atomic mass is 28.3. The first-order chi connectivity index (χ1) is 12.6. The predicted octanol–water partition coefficient (Wildman–Crippen LogP) is 4.41. The number of rotatable bonds is 1. The van der Waals surface area contributed by atoms with Gasteiger partial charge < -0.3 is 5.32 Å². The molecule has 3 rings (SSSR count). The first-order valence-electron chi connectivity index (χ1n) is 9.50. The van der Waals surface area contributed by atoms with Gasteiger partial charge in [-0.3, -0.25) is 0 Å². The van der Waals surface area contributed by atoms with E-state index in [2.05, 4.69) is 88.1 Å². The van der Waals surface area contributed by atoms with Crippen molar-refractivity contribution in [1.82, 2.24) is 0 Å². The molecule has 0 amide bonds. The Balaban J connectivity index is 2.31. The fourth-order valence-corrected chi connectivity index (χ4v) is 5.64. The topological polar surface area (TPSA) is 20.0 Å². The highest BCUT2D eigenvalue weighted by Crippen LogP contribution is 2.23. The summed E-state index contributed by atoms with van der Waals surface area (Å²) in [5.74, 6) is 0. The summed E-state index contributed by atoms with van der Waals surface area (Å²) in [5.41, 5.74) is 5.97. The van der Waals surface area contributed by atoms with Crippen LogP contribution in [0.3, 0.4) is 0 Å². The van der Waals surface area contributed by atoms with E-state index in [9.17, 15) is 0 Å². The first kappa shape index (κ1) is 19.4. The monoisotopic (exact) mass is 374 g/mol. The lowest BCUT2D eigenvalue weighted by Crippen LogP contribution is -2.43. The zero-order chi connectivity index (χ0) is 19.9. The Labute approximate surface area is 163 Å². The van der Waals surface area contributed by atoms with E-state index in [-0.39, 0.29) is 0 Å². The normalized spacial score (nSPS) is 15.9. The van der Waals surface area contributed by atoms with E-state index in [1.54, 1.807) is 0 Å². The Kier molecular flexibility index (Phi) is 5.00. The summed E-state index contributed by atoms with van der Waals surface area (Å²) in [5, 5.41) is 9.60. The average Bonchev–Trinajstić information content (AvgIpc) is 2.55. The molecule has 0 unspecified atom stereocenters. The van der Waals surface area contributed by atoms with Gasteiger partial charge in [-0.15, -0.1) is 0 Å². The number of hydrogen-bond acceptors (Lipinski definition) is 0. The molecular weight excluding hydrogens is 344 g/mol. The van der Waals surface area contributed by atoms with Crippen molar-refractivity contribution in [3.8, 4) is 0 Å². The lowest BCUT2D eigenvalue weighted by atomic mass is 10.0. The van der Waals surface area contributed by atoms with Crippen LogP contribution in [0.15, 0.2) is 54.0 Å². The molecule has 0 N–H and O–H groups in total. The third-order valence-electron chi connectivity index (χ3n) is 5.10. The molecule has 140 valence electrons. The molecule has 0 saturated heterocycles. The van der Waals surface area contributed by atoms with Crippen LogP contribution in [-0.4, -0.2) is 8.07 Å². The standard InChI is InChI=1S/C24H30N2Si/c1-16-11-20(21-13-18(3)25-19(4)14-21)9-10-22(16)23-12-17(2)24(15-26(23)5)27(6,7)8/h9-15H,5H2,1-4,6-8H3. The molecule has 0 aliphatic carbocycles. The second kappa shape index (κ2) is 6.97. The van der Waals surface area contributed by atoms with Crippen LogP contribution in [0.1, 0.15) is 25.0 Å². The third kappa shape index (κ3) is 3.98. The van der Waals surface area contributed by atoms with Crippen LogP contribution in [-0.2, 0) is 0 Å². The molecular formula is C24H30N2Si. The summed E-state index contributed by atoms with van der Waals surface area (Å²) in [6.45, 7) is 19.9. The van der Waals surface area contributed by atoms with Gasteiger partial charge in [0.2, 0.25) is 5.35 Å². The summed E-state index contributed by atoms with van der Waals surface area (Å²) < 4.78 is 2.04. The van der Waals surface area contributed by atoms with Crippen LogP contribution in [0, 0.1) is 31.1 Å². The second-order valence-electron chi connectivity index (χ2n) is 8.64. The molecule has 27 heavy (non-hydrogen) atoms. The molecule has 1 aliphatic rings. The molecule has 3 heteroatoms. The molecule has 0 saturated carbocycles. The van der Waals surface area contributed by atoms with Crippen molar-refractivity contribution in [3.05, 3.63) is 93.0 Å². The van der Waals surface area contributed by atoms with Gasteiger partial charge in [0.25, 0.3) is 0 Å². The highest BCUT2D eigenvalue weighted by molar-refractivity contribution is 6.88. The maximum Gasteiger partial charge on any atom is 0.217 e. The number of pyridine rings is 1. The van der Waals surface area contributed by atoms with E-state index >= 15 is 0 Å². The number of hydrogen-bond donors (Lipinski definition) is 0. The van der Waals surface area contributed by atoms with Gasteiger partial charge in [0.15, 0.2) is 6.20 Å². The molecule has 0 bridgehead atoms. The van der Waals surface area contributed by atoms with Crippen molar-refractivity contribution in [2.75, 3.05) is 0 Å². The molecule has 0 spiro atoms. The van der Waals surface area contributed by atoms with Gasteiger partial charge in [-0.25, -0.2) is 0 Å². The Hall–Kier alpha value is -2.39. The maximum atomic E-state index is 4.49. The largest absolute Gasteiger partial charge is 0.665 e. The van der Waals surface area contributed by atoms with Gasteiger partial charge in [0.05, 0.1) is 8.07 Å². The van der Waals surface area contributed by atoms with E-state index in [0.29, 0.717) is 0 Å². The van der Waals surface area contributed by atoms with Crippen molar-refractivity contribution >= 4 is 18.8 Å². The molecule has 2 heterocycles. The van der Waals surface area contributed by atoms with E-state index in [4.69, 9.17) is 0 Å². The van der Waals surface area contributed by atoms with Gasteiger partial charge in [-0.05, 0) is 41.8 Å². The van der Waals surface area contributed by atoms with Crippen molar-refractivity contribution in [2.45, 2.75) is 47.3 Å². The van der Waals surface area contributed by atoms with Gasteiger partial charge in [0.1, 0.15) is 6.72 Å². The molecule has 1 aromatic carbocycles. The van der Waals surface area contributed by atoms with Crippen LogP contribution in [0.25, 0.3) is 10.9 Å². The summed E-state index contributed by atoms with van der Waals surface area (Å²) in [4.78, 5) is 0. The molecule has 0 atom stereocenters. The lowest BCUT2D eigenvalue weighted by Gasteiger charge is -2.28. The fraction of sp³-hybridized carbons (Fsp3) is 0.292. The zero-order valence-corrected chi connectivity index (χ0v) is 18.6. The molecule has 0 radical (unpaired) electrons. The van der Waals surface area contributed by atoms with Gasteiger partial charge >= 0.3 is 0 Å². The van der Waals surface area contributed by atoms with E-state index in [1.807, 2.05) is 18.1 Å². The Morgan fingerprint density at radius 2 is 1.52 bits per heavy atom. The Bertz CT molecular complexity index is 1160. The molecule has 0 fully saturated rings. The summed E-state index contributed by atoms with van der Waals surface area (Å²) in [6, 6.07) is 8.99. The maximum absolute atomic E-state index is 4.49. The number of aryl methyl sites for hydroxylation is 2. The van der Waals surface area contributed by atoms with E-state index in [0.717, 1.165) is 11.4 Å². The molecule has 1 aromatic heterocycles. The smallest absolute Gasteiger partial charge is 0.217 e. The first-order valence-corrected chi connectivity index (χ1v) is 13.0. The Morgan fingerprint density at radius 3 is 2.07 bits per heavy atom. The summed E-state index contributed by atoms with van der Waals surface area (Å²) >= 11 is 0.